The first-order valence-electron chi connectivity index (χ1n) is 6.04. The standard InChI is InChI=1S/C15H17NO/c1-11(2)15(17)8-7-12-9-10-16-14-6-4-3-5-13(12)14/h3-6,9-11H,7-8H2,1-2H3. The van der Waals surface area contributed by atoms with Crippen molar-refractivity contribution in [2.75, 3.05) is 0 Å². The number of rotatable bonds is 4. The maximum Gasteiger partial charge on any atom is 0.135 e. The second-order valence-electron chi connectivity index (χ2n) is 4.61. The molecule has 0 saturated carbocycles. The minimum atomic E-state index is 0.128. The third kappa shape index (κ3) is 2.70. The Hall–Kier alpha value is -1.70. The second kappa shape index (κ2) is 5.09. The van der Waals surface area contributed by atoms with Gasteiger partial charge in [-0.2, -0.15) is 0 Å². The molecule has 0 unspecified atom stereocenters. The number of hydrogen-bond donors (Lipinski definition) is 0. The fourth-order valence-electron chi connectivity index (χ4n) is 1.92. The summed E-state index contributed by atoms with van der Waals surface area (Å²) in [6.45, 7) is 3.90. The number of aryl methyl sites for hydroxylation is 1. The van der Waals surface area contributed by atoms with E-state index in [1.54, 1.807) is 0 Å². The molecular weight excluding hydrogens is 210 g/mol. The molecule has 2 nitrogen and oxygen atoms in total. The molecule has 0 N–H and O–H groups in total. The number of carbonyl (C=O) groups is 1. The van der Waals surface area contributed by atoms with E-state index in [0.29, 0.717) is 12.2 Å². The fraction of sp³-hybridized carbons (Fsp3) is 0.333. The van der Waals surface area contributed by atoms with E-state index in [-0.39, 0.29) is 5.92 Å². The lowest BCUT2D eigenvalue weighted by Gasteiger charge is -2.06. The SMILES string of the molecule is CC(C)C(=O)CCc1ccnc2ccccc12. The first-order valence-corrected chi connectivity index (χ1v) is 6.04. The number of pyridine rings is 1. The van der Waals surface area contributed by atoms with Crippen molar-refractivity contribution < 1.29 is 4.79 Å². The molecule has 1 aromatic carbocycles. The van der Waals surface area contributed by atoms with Crippen LogP contribution in [0.5, 0.6) is 0 Å². The summed E-state index contributed by atoms with van der Waals surface area (Å²) < 4.78 is 0. The van der Waals surface area contributed by atoms with Crippen LogP contribution in [0.4, 0.5) is 0 Å². The molecule has 0 atom stereocenters. The number of nitrogens with zero attached hydrogens (tertiary/aromatic N) is 1. The van der Waals surface area contributed by atoms with Gasteiger partial charge < -0.3 is 0 Å². The van der Waals surface area contributed by atoms with Crippen molar-refractivity contribution >= 4 is 16.7 Å². The summed E-state index contributed by atoms with van der Waals surface area (Å²) in [6, 6.07) is 10.1. The van der Waals surface area contributed by atoms with E-state index in [4.69, 9.17) is 0 Å². The summed E-state index contributed by atoms with van der Waals surface area (Å²) in [6.07, 6.45) is 3.24. The van der Waals surface area contributed by atoms with Crippen LogP contribution in [0, 0.1) is 5.92 Å². The Bertz CT molecular complexity index is 526. The highest BCUT2D eigenvalue weighted by Crippen LogP contribution is 2.18. The van der Waals surface area contributed by atoms with Gasteiger partial charge in [0.25, 0.3) is 0 Å². The first-order chi connectivity index (χ1) is 8.18. The number of fused-ring (bicyclic) bond motifs is 1. The van der Waals surface area contributed by atoms with Crippen molar-refractivity contribution in [3.63, 3.8) is 0 Å². The Morgan fingerprint density at radius 3 is 2.76 bits per heavy atom. The van der Waals surface area contributed by atoms with Crippen LogP contribution >= 0.6 is 0 Å². The highest BCUT2D eigenvalue weighted by Gasteiger charge is 2.08. The molecule has 2 aromatic rings. The Morgan fingerprint density at radius 1 is 1.24 bits per heavy atom. The summed E-state index contributed by atoms with van der Waals surface area (Å²) in [5, 5.41) is 1.16. The molecule has 0 bridgehead atoms. The van der Waals surface area contributed by atoms with Gasteiger partial charge in [0.05, 0.1) is 5.52 Å². The largest absolute Gasteiger partial charge is 0.299 e. The number of para-hydroxylation sites is 1. The molecule has 0 amide bonds. The van der Waals surface area contributed by atoms with Gasteiger partial charge in [-0.15, -0.1) is 0 Å². The average molecular weight is 227 g/mol. The van der Waals surface area contributed by atoms with Gasteiger partial charge in [0, 0.05) is 23.9 Å². The van der Waals surface area contributed by atoms with E-state index in [9.17, 15) is 4.79 Å². The third-order valence-electron chi connectivity index (χ3n) is 3.02. The average Bonchev–Trinajstić information content (AvgIpc) is 2.35. The lowest BCUT2D eigenvalue weighted by molar-refractivity contribution is -0.121. The van der Waals surface area contributed by atoms with Crippen LogP contribution < -0.4 is 0 Å². The molecule has 17 heavy (non-hydrogen) atoms. The fourth-order valence-corrected chi connectivity index (χ4v) is 1.92. The van der Waals surface area contributed by atoms with Gasteiger partial charge in [0.1, 0.15) is 5.78 Å². The zero-order chi connectivity index (χ0) is 12.3. The normalized spacial score (nSPS) is 11.0. The molecule has 0 fully saturated rings. The smallest absolute Gasteiger partial charge is 0.135 e. The van der Waals surface area contributed by atoms with E-state index in [1.807, 2.05) is 44.3 Å². The highest BCUT2D eigenvalue weighted by molar-refractivity contribution is 5.84. The van der Waals surface area contributed by atoms with Gasteiger partial charge in [-0.05, 0) is 24.1 Å². The number of benzene rings is 1. The van der Waals surface area contributed by atoms with Crippen molar-refractivity contribution in [2.45, 2.75) is 26.7 Å². The molecular formula is C15H17NO. The van der Waals surface area contributed by atoms with Gasteiger partial charge in [0.2, 0.25) is 0 Å². The molecule has 0 saturated heterocycles. The van der Waals surface area contributed by atoms with E-state index < -0.39 is 0 Å². The van der Waals surface area contributed by atoms with Gasteiger partial charge in [-0.3, -0.25) is 9.78 Å². The van der Waals surface area contributed by atoms with Gasteiger partial charge in [-0.1, -0.05) is 32.0 Å². The number of hydrogen-bond acceptors (Lipinski definition) is 2. The summed E-state index contributed by atoms with van der Waals surface area (Å²) in [7, 11) is 0. The van der Waals surface area contributed by atoms with Crippen LogP contribution in [0.2, 0.25) is 0 Å². The summed E-state index contributed by atoms with van der Waals surface area (Å²) >= 11 is 0. The van der Waals surface area contributed by atoms with Crippen molar-refractivity contribution in [3.05, 3.63) is 42.1 Å². The molecule has 0 radical (unpaired) electrons. The number of carbonyl (C=O) groups excluding carboxylic acids is 1. The van der Waals surface area contributed by atoms with Crippen LogP contribution in [-0.2, 0) is 11.2 Å². The minimum Gasteiger partial charge on any atom is -0.299 e. The van der Waals surface area contributed by atoms with E-state index >= 15 is 0 Å². The molecule has 2 rings (SSSR count). The van der Waals surface area contributed by atoms with E-state index in [0.717, 1.165) is 17.3 Å². The Balaban J connectivity index is 2.21. The number of Topliss-reactive ketones (excluding diaryl/α,β-unsaturated/α-hetero) is 1. The van der Waals surface area contributed by atoms with Crippen LogP contribution in [0.3, 0.4) is 0 Å². The van der Waals surface area contributed by atoms with Crippen molar-refractivity contribution in [1.29, 1.82) is 0 Å². The molecule has 1 aromatic heterocycles. The van der Waals surface area contributed by atoms with Crippen LogP contribution in [0.15, 0.2) is 36.5 Å². The molecule has 0 aliphatic heterocycles. The van der Waals surface area contributed by atoms with E-state index in [1.165, 1.54) is 5.56 Å². The maximum absolute atomic E-state index is 11.6. The van der Waals surface area contributed by atoms with Crippen LogP contribution in [-0.4, -0.2) is 10.8 Å². The zero-order valence-corrected chi connectivity index (χ0v) is 10.3. The summed E-state index contributed by atoms with van der Waals surface area (Å²) in [5.74, 6) is 0.453. The second-order valence-corrected chi connectivity index (χ2v) is 4.61. The lowest BCUT2D eigenvalue weighted by Crippen LogP contribution is -2.08. The predicted molar refractivity (Wildman–Crippen MR) is 69.9 cm³/mol. The van der Waals surface area contributed by atoms with Crippen molar-refractivity contribution in [2.24, 2.45) is 5.92 Å². The molecule has 2 heteroatoms. The molecule has 0 aliphatic carbocycles. The summed E-state index contributed by atoms with van der Waals surface area (Å²) in [4.78, 5) is 16.0. The minimum absolute atomic E-state index is 0.128. The molecule has 88 valence electrons. The lowest BCUT2D eigenvalue weighted by atomic mass is 9.99. The number of aromatic nitrogens is 1. The zero-order valence-electron chi connectivity index (χ0n) is 10.3. The monoisotopic (exact) mass is 227 g/mol. The molecule has 0 aliphatic rings. The van der Waals surface area contributed by atoms with Crippen LogP contribution in [0.25, 0.3) is 10.9 Å². The predicted octanol–water partition coefficient (Wildman–Crippen LogP) is 3.39. The van der Waals surface area contributed by atoms with Crippen molar-refractivity contribution in [3.8, 4) is 0 Å². The van der Waals surface area contributed by atoms with E-state index in [2.05, 4.69) is 11.1 Å². The molecule has 1 heterocycles. The Kier molecular flexibility index (Phi) is 3.52. The number of ketones is 1. The van der Waals surface area contributed by atoms with Crippen molar-refractivity contribution in [1.82, 2.24) is 4.98 Å². The topological polar surface area (TPSA) is 30.0 Å². The van der Waals surface area contributed by atoms with Crippen LogP contribution in [0.1, 0.15) is 25.8 Å². The molecule has 0 spiro atoms. The maximum atomic E-state index is 11.6. The Labute approximate surface area is 102 Å². The van der Waals surface area contributed by atoms with Gasteiger partial charge in [-0.25, -0.2) is 0 Å². The quantitative estimate of drug-likeness (QED) is 0.801. The van der Waals surface area contributed by atoms with Gasteiger partial charge >= 0.3 is 0 Å². The van der Waals surface area contributed by atoms with Gasteiger partial charge in [0.15, 0.2) is 0 Å². The highest BCUT2D eigenvalue weighted by atomic mass is 16.1. The first kappa shape index (κ1) is 11.8. The third-order valence-corrected chi connectivity index (χ3v) is 3.02. The summed E-state index contributed by atoms with van der Waals surface area (Å²) in [5.41, 5.74) is 2.21. The Morgan fingerprint density at radius 2 is 2.00 bits per heavy atom.